The molecule has 2 rings (SSSR count). The number of benzene rings is 2. The van der Waals surface area contributed by atoms with Gasteiger partial charge in [-0.3, -0.25) is 0 Å². The maximum absolute atomic E-state index is 3.21. The minimum absolute atomic E-state index is 1.13. The van der Waals surface area contributed by atoms with Crippen LogP contribution in [0.5, 0.6) is 0 Å². The van der Waals surface area contributed by atoms with Gasteiger partial charge in [0.25, 0.3) is 0 Å². The fourth-order valence-electron chi connectivity index (χ4n) is 2.56. The van der Waals surface area contributed by atoms with Gasteiger partial charge in [-0.25, -0.2) is 0 Å². The molecule has 0 aliphatic heterocycles. The van der Waals surface area contributed by atoms with Crippen molar-refractivity contribution in [1.82, 2.24) is 5.32 Å². The van der Waals surface area contributed by atoms with Gasteiger partial charge in [0.05, 0.1) is 0 Å². The molecule has 0 saturated heterocycles. The zero-order valence-electron chi connectivity index (χ0n) is 11.5. The summed E-state index contributed by atoms with van der Waals surface area (Å²) < 4.78 is 0. The van der Waals surface area contributed by atoms with E-state index in [4.69, 9.17) is 0 Å². The molecular weight excluding hydrogens is 218 g/mol. The topological polar surface area (TPSA) is 12.0 Å². The van der Waals surface area contributed by atoms with E-state index in [1.54, 1.807) is 0 Å². The highest BCUT2D eigenvalue weighted by Crippen LogP contribution is 2.23. The number of hydrogen-bond acceptors (Lipinski definition) is 1. The molecule has 0 amide bonds. The molecule has 0 spiro atoms. The van der Waals surface area contributed by atoms with Crippen molar-refractivity contribution in [2.75, 3.05) is 13.6 Å². The van der Waals surface area contributed by atoms with Crippen molar-refractivity contribution >= 4 is 10.8 Å². The molecule has 96 valence electrons. The normalized spacial score (nSPS) is 11.0. The van der Waals surface area contributed by atoms with Crippen LogP contribution in [0.15, 0.2) is 36.4 Å². The lowest BCUT2D eigenvalue weighted by atomic mass is 9.95. The zero-order chi connectivity index (χ0) is 12.8. The Kier molecular flexibility index (Phi) is 4.77. The first-order valence-corrected chi connectivity index (χ1v) is 6.95. The van der Waals surface area contributed by atoms with Crippen LogP contribution in [0.3, 0.4) is 0 Å². The summed E-state index contributed by atoms with van der Waals surface area (Å²) in [5.41, 5.74) is 2.97. The van der Waals surface area contributed by atoms with Crippen molar-refractivity contribution in [2.45, 2.75) is 32.6 Å². The second-order valence-corrected chi connectivity index (χ2v) is 5.00. The third-order valence-corrected chi connectivity index (χ3v) is 3.63. The van der Waals surface area contributed by atoms with Crippen LogP contribution in [0.25, 0.3) is 10.8 Å². The van der Waals surface area contributed by atoms with Crippen molar-refractivity contribution in [3.63, 3.8) is 0 Å². The lowest BCUT2D eigenvalue weighted by Gasteiger charge is -2.10. The first-order chi connectivity index (χ1) is 8.83. The van der Waals surface area contributed by atoms with Gasteiger partial charge >= 0.3 is 0 Å². The third-order valence-electron chi connectivity index (χ3n) is 3.63. The average molecular weight is 241 g/mol. The van der Waals surface area contributed by atoms with Gasteiger partial charge < -0.3 is 5.32 Å². The quantitative estimate of drug-likeness (QED) is 0.751. The van der Waals surface area contributed by atoms with Crippen LogP contribution in [0.4, 0.5) is 0 Å². The Morgan fingerprint density at radius 2 is 1.78 bits per heavy atom. The van der Waals surface area contributed by atoms with Gasteiger partial charge in [-0.2, -0.15) is 0 Å². The van der Waals surface area contributed by atoms with Crippen LogP contribution in [-0.4, -0.2) is 13.6 Å². The van der Waals surface area contributed by atoms with E-state index in [-0.39, 0.29) is 0 Å². The van der Waals surface area contributed by atoms with E-state index in [2.05, 4.69) is 48.6 Å². The Labute approximate surface area is 110 Å². The summed E-state index contributed by atoms with van der Waals surface area (Å²) in [5, 5.41) is 6.01. The van der Waals surface area contributed by atoms with Crippen LogP contribution in [-0.2, 0) is 6.42 Å². The molecule has 0 fully saturated rings. The Morgan fingerprint density at radius 3 is 2.61 bits per heavy atom. The van der Waals surface area contributed by atoms with E-state index in [0.29, 0.717) is 0 Å². The van der Waals surface area contributed by atoms with Crippen LogP contribution in [0, 0.1) is 6.92 Å². The van der Waals surface area contributed by atoms with Crippen molar-refractivity contribution in [3.8, 4) is 0 Å². The highest BCUT2D eigenvalue weighted by Gasteiger charge is 2.03. The number of aryl methyl sites for hydroxylation is 2. The Balaban J connectivity index is 2.09. The molecule has 0 atom stereocenters. The van der Waals surface area contributed by atoms with E-state index in [0.717, 1.165) is 6.54 Å². The molecule has 1 heteroatoms. The molecule has 2 aromatic carbocycles. The number of rotatable bonds is 6. The minimum atomic E-state index is 1.13. The van der Waals surface area contributed by atoms with Gasteiger partial charge in [-0.05, 0) is 61.7 Å². The summed E-state index contributed by atoms with van der Waals surface area (Å²) in [6.45, 7) is 3.36. The highest BCUT2D eigenvalue weighted by atomic mass is 14.8. The van der Waals surface area contributed by atoms with Gasteiger partial charge in [0.2, 0.25) is 0 Å². The van der Waals surface area contributed by atoms with E-state index >= 15 is 0 Å². The smallest absolute Gasteiger partial charge is 0.00519 e. The summed E-state index contributed by atoms with van der Waals surface area (Å²) in [6.07, 6.45) is 5.08. The van der Waals surface area contributed by atoms with Gasteiger partial charge in [-0.1, -0.05) is 42.8 Å². The van der Waals surface area contributed by atoms with Crippen LogP contribution in [0.1, 0.15) is 30.4 Å². The highest BCUT2D eigenvalue weighted by molar-refractivity contribution is 5.86. The second kappa shape index (κ2) is 6.55. The van der Waals surface area contributed by atoms with Gasteiger partial charge in [0, 0.05) is 0 Å². The standard InChI is InChI=1S/C17H23N/c1-14-11-12-15-8-5-6-10-17(15)16(14)9-4-3-7-13-18-2/h5-6,8,10-12,18H,3-4,7,9,13H2,1-2H3. The largest absolute Gasteiger partial charge is 0.320 e. The Hall–Kier alpha value is -1.34. The molecule has 1 nitrogen and oxygen atoms in total. The summed E-state index contributed by atoms with van der Waals surface area (Å²) in [7, 11) is 2.02. The number of unbranched alkanes of at least 4 members (excludes halogenated alkanes) is 2. The van der Waals surface area contributed by atoms with Gasteiger partial charge in [-0.15, -0.1) is 0 Å². The van der Waals surface area contributed by atoms with E-state index < -0.39 is 0 Å². The SMILES string of the molecule is CNCCCCCc1c(C)ccc2ccccc12. The van der Waals surface area contributed by atoms with E-state index in [1.807, 2.05) is 7.05 Å². The maximum atomic E-state index is 3.21. The molecule has 0 bridgehead atoms. The molecule has 2 aromatic rings. The van der Waals surface area contributed by atoms with Crippen molar-refractivity contribution in [2.24, 2.45) is 0 Å². The van der Waals surface area contributed by atoms with E-state index in [1.165, 1.54) is 47.6 Å². The van der Waals surface area contributed by atoms with Crippen molar-refractivity contribution in [3.05, 3.63) is 47.5 Å². The fraction of sp³-hybridized carbons (Fsp3) is 0.412. The molecule has 18 heavy (non-hydrogen) atoms. The average Bonchev–Trinajstić information content (AvgIpc) is 2.41. The first kappa shape index (κ1) is 13.1. The third kappa shape index (κ3) is 3.11. The van der Waals surface area contributed by atoms with Crippen molar-refractivity contribution in [1.29, 1.82) is 0 Å². The molecule has 0 radical (unpaired) electrons. The first-order valence-electron chi connectivity index (χ1n) is 6.95. The van der Waals surface area contributed by atoms with Crippen molar-refractivity contribution < 1.29 is 0 Å². The molecule has 1 N–H and O–H groups in total. The lowest BCUT2D eigenvalue weighted by Crippen LogP contribution is -2.07. The van der Waals surface area contributed by atoms with Crippen LogP contribution < -0.4 is 5.32 Å². The summed E-state index contributed by atoms with van der Waals surface area (Å²) in [5.74, 6) is 0. The Bertz CT molecular complexity index is 502. The summed E-state index contributed by atoms with van der Waals surface area (Å²) in [4.78, 5) is 0. The predicted octanol–water partition coefficient (Wildman–Crippen LogP) is 4.08. The number of hydrogen-bond donors (Lipinski definition) is 1. The molecule has 0 heterocycles. The number of fused-ring (bicyclic) bond motifs is 1. The monoisotopic (exact) mass is 241 g/mol. The van der Waals surface area contributed by atoms with Gasteiger partial charge in [0.1, 0.15) is 0 Å². The van der Waals surface area contributed by atoms with Crippen LogP contribution >= 0.6 is 0 Å². The lowest BCUT2D eigenvalue weighted by molar-refractivity contribution is 0.642. The summed E-state index contributed by atoms with van der Waals surface area (Å²) in [6, 6.07) is 13.2. The minimum Gasteiger partial charge on any atom is -0.320 e. The molecule has 0 aromatic heterocycles. The Morgan fingerprint density at radius 1 is 0.944 bits per heavy atom. The fourth-order valence-corrected chi connectivity index (χ4v) is 2.56. The molecule has 0 aliphatic rings. The zero-order valence-corrected chi connectivity index (χ0v) is 11.5. The van der Waals surface area contributed by atoms with Gasteiger partial charge in [0.15, 0.2) is 0 Å². The van der Waals surface area contributed by atoms with E-state index in [9.17, 15) is 0 Å². The molecule has 0 aliphatic carbocycles. The molecule has 0 unspecified atom stereocenters. The molecular formula is C17H23N. The summed E-state index contributed by atoms with van der Waals surface area (Å²) >= 11 is 0. The predicted molar refractivity (Wildman–Crippen MR) is 80.2 cm³/mol. The maximum Gasteiger partial charge on any atom is -0.00519 e. The second-order valence-electron chi connectivity index (χ2n) is 5.00. The van der Waals surface area contributed by atoms with Crippen LogP contribution in [0.2, 0.25) is 0 Å². The number of nitrogens with one attached hydrogen (secondary N) is 1. The molecule has 0 saturated carbocycles.